The van der Waals surface area contributed by atoms with E-state index in [-0.39, 0.29) is 12.5 Å². The van der Waals surface area contributed by atoms with Crippen molar-refractivity contribution in [2.75, 3.05) is 11.9 Å². The van der Waals surface area contributed by atoms with E-state index >= 15 is 0 Å². The van der Waals surface area contributed by atoms with Crippen LogP contribution in [0.4, 0.5) is 5.69 Å². The van der Waals surface area contributed by atoms with Gasteiger partial charge in [-0.2, -0.15) is 0 Å². The van der Waals surface area contributed by atoms with Crippen LogP contribution >= 0.6 is 0 Å². The van der Waals surface area contributed by atoms with Gasteiger partial charge in [0.1, 0.15) is 5.41 Å². The van der Waals surface area contributed by atoms with E-state index in [4.69, 9.17) is 4.74 Å². The molecule has 1 aromatic rings. The van der Waals surface area contributed by atoms with Crippen molar-refractivity contribution in [1.82, 2.24) is 0 Å². The van der Waals surface area contributed by atoms with Crippen molar-refractivity contribution in [3.63, 3.8) is 0 Å². The zero-order valence-electron chi connectivity index (χ0n) is 10.3. The molecule has 1 rings (SSSR count). The Labute approximate surface area is 101 Å². The monoisotopic (exact) mass is 235 g/mol. The highest BCUT2D eigenvalue weighted by atomic mass is 16.5. The van der Waals surface area contributed by atoms with Gasteiger partial charge < -0.3 is 10.1 Å². The SMILES string of the molecule is CCOC(=O)C(C)(C)C(=O)Nc1ccccc1. The van der Waals surface area contributed by atoms with Crippen LogP contribution in [0.3, 0.4) is 0 Å². The van der Waals surface area contributed by atoms with E-state index in [9.17, 15) is 9.59 Å². The van der Waals surface area contributed by atoms with Gasteiger partial charge in [-0.15, -0.1) is 0 Å². The van der Waals surface area contributed by atoms with E-state index in [1.807, 2.05) is 18.2 Å². The Bertz CT molecular complexity index is 398. The van der Waals surface area contributed by atoms with E-state index in [2.05, 4.69) is 5.32 Å². The first-order valence-corrected chi connectivity index (χ1v) is 5.52. The lowest BCUT2D eigenvalue weighted by Crippen LogP contribution is -2.39. The third-order valence-electron chi connectivity index (χ3n) is 2.39. The predicted molar refractivity (Wildman–Crippen MR) is 65.5 cm³/mol. The van der Waals surface area contributed by atoms with Gasteiger partial charge in [-0.3, -0.25) is 9.59 Å². The van der Waals surface area contributed by atoms with Crippen LogP contribution in [0.2, 0.25) is 0 Å². The number of carbonyl (C=O) groups excluding carboxylic acids is 2. The molecule has 0 aliphatic carbocycles. The number of ether oxygens (including phenoxy) is 1. The molecule has 0 spiro atoms. The second kappa shape index (κ2) is 5.48. The molecular formula is C13H17NO3. The number of rotatable bonds is 4. The lowest BCUT2D eigenvalue weighted by Gasteiger charge is -2.21. The average Bonchev–Trinajstić information content (AvgIpc) is 2.30. The molecule has 0 atom stereocenters. The van der Waals surface area contributed by atoms with Crippen LogP contribution < -0.4 is 5.32 Å². The van der Waals surface area contributed by atoms with Gasteiger partial charge in [0.05, 0.1) is 6.61 Å². The molecule has 1 aromatic carbocycles. The Balaban J connectivity index is 2.73. The number of benzene rings is 1. The van der Waals surface area contributed by atoms with Gasteiger partial charge in [-0.05, 0) is 32.9 Å². The van der Waals surface area contributed by atoms with Crippen molar-refractivity contribution < 1.29 is 14.3 Å². The first-order valence-electron chi connectivity index (χ1n) is 5.52. The molecule has 0 aliphatic rings. The molecule has 0 aliphatic heterocycles. The molecule has 0 saturated carbocycles. The number of hydrogen-bond donors (Lipinski definition) is 1. The van der Waals surface area contributed by atoms with E-state index in [1.54, 1.807) is 32.9 Å². The first kappa shape index (κ1) is 13.2. The zero-order chi connectivity index (χ0) is 12.9. The van der Waals surface area contributed by atoms with Gasteiger partial charge in [0.2, 0.25) is 5.91 Å². The number of amides is 1. The van der Waals surface area contributed by atoms with Gasteiger partial charge in [0, 0.05) is 5.69 Å². The normalized spacial score (nSPS) is 10.8. The summed E-state index contributed by atoms with van der Waals surface area (Å²) in [4.78, 5) is 23.6. The van der Waals surface area contributed by atoms with E-state index in [0.717, 1.165) is 0 Å². The average molecular weight is 235 g/mol. The first-order chi connectivity index (χ1) is 7.98. The van der Waals surface area contributed by atoms with Gasteiger partial charge >= 0.3 is 5.97 Å². The summed E-state index contributed by atoms with van der Waals surface area (Å²) in [5.41, 5.74) is -0.527. The number of nitrogens with one attached hydrogen (secondary N) is 1. The van der Waals surface area contributed by atoms with Crippen molar-refractivity contribution in [2.45, 2.75) is 20.8 Å². The molecule has 0 radical (unpaired) electrons. The molecule has 0 heterocycles. The largest absolute Gasteiger partial charge is 0.465 e. The summed E-state index contributed by atoms with van der Waals surface area (Å²) in [7, 11) is 0. The maximum Gasteiger partial charge on any atom is 0.321 e. The molecule has 92 valence electrons. The highest BCUT2D eigenvalue weighted by Crippen LogP contribution is 2.20. The van der Waals surface area contributed by atoms with E-state index < -0.39 is 11.4 Å². The minimum Gasteiger partial charge on any atom is -0.465 e. The fraction of sp³-hybridized carbons (Fsp3) is 0.385. The van der Waals surface area contributed by atoms with Gasteiger partial charge in [0.15, 0.2) is 0 Å². The summed E-state index contributed by atoms with van der Waals surface area (Å²) in [5.74, 6) is -0.893. The smallest absolute Gasteiger partial charge is 0.321 e. The van der Waals surface area contributed by atoms with Crippen LogP contribution in [0, 0.1) is 5.41 Å². The summed E-state index contributed by atoms with van der Waals surface area (Å²) in [6.45, 7) is 5.07. The van der Waals surface area contributed by atoms with Crippen LogP contribution in [0.5, 0.6) is 0 Å². The molecule has 0 unspecified atom stereocenters. The molecule has 0 bridgehead atoms. The molecule has 0 fully saturated rings. The standard InChI is InChI=1S/C13H17NO3/c1-4-17-12(16)13(2,3)11(15)14-10-8-6-5-7-9-10/h5-9H,4H2,1-3H3,(H,14,15). The maximum absolute atomic E-state index is 11.9. The van der Waals surface area contributed by atoms with Crippen LogP contribution in [0.1, 0.15) is 20.8 Å². The van der Waals surface area contributed by atoms with Crippen molar-refractivity contribution >= 4 is 17.6 Å². The third-order valence-corrected chi connectivity index (χ3v) is 2.39. The van der Waals surface area contributed by atoms with E-state index in [1.165, 1.54) is 0 Å². The Morgan fingerprint density at radius 1 is 1.24 bits per heavy atom. The summed E-state index contributed by atoms with van der Waals surface area (Å²) in [5, 5.41) is 2.68. The minimum absolute atomic E-state index is 0.265. The molecule has 4 nitrogen and oxygen atoms in total. The quantitative estimate of drug-likeness (QED) is 0.643. The number of carbonyl (C=O) groups is 2. The van der Waals surface area contributed by atoms with Crippen molar-refractivity contribution in [3.05, 3.63) is 30.3 Å². The molecule has 17 heavy (non-hydrogen) atoms. The van der Waals surface area contributed by atoms with Crippen LogP contribution in [0.15, 0.2) is 30.3 Å². The minimum atomic E-state index is -1.19. The highest BCUT2D eigenvalue weighted by Gasteiger charge is 2.37. The lowest BCUT2D eigenvalue weighted by molar-refractivity contribution is -0.156. The molecule has 1 N–H and O–H groups in total. The van der Waals surface area contributed by atoms with Gasteiger partial charge in [-0.25, -0.2) is 0 Å². The second-order valence-corrected chi connectivity index (χ2v) is 4.17. The topological polar surface area (TPSA) is 55.4 Å². The van der Waals surface area contributed by atoms with Gasteiger partial charge in [0.25, 0.3) is 0 Å². The van der Waals surface area contributed by atoms with Crippen LogP contribution in [-0.4, -0.2) is 18.5 Å². The fourth-order valence-corrected chi connectivity index (χ4v) is 1.21. The number of anilines is 1. The number of para-hydroxylation sites is 1. The Morgan fingerprint density at radius 2 is 1.82 bits per heavy atom. The zero-order valence-corrected chi connectivity index (χ0v) is 10.3. The summed E-state index contributed by atoms with van der Waals surface area (Å²) in [6.07, 6.45) is 0. The van der Waals surface area contributed by atoms with Gasteiger partial charge in [-0.1, -0.05) is 18.2 Å². The fourth-order valence-electron chi connectivity index (χ4n) is 1.21. The number of hydrogen-bond acceptors (Lipinski definition) is 3. The third kappa shape index (κ3) is 3.31. The van der Waals surface area contributed by atoms with Crippen LogP contribution in [-0.2, 0) is 14.3 Å². The predicted octanol–water partition coefficient (Wildman–Crippen LogP) is 2.21. The highest BCUT2D eigenvalue weighted by molar-refractivity contribution is 6.08. The summed E-state index contributed by atoms with van der Waals surface area (Å²) < 4.78 is 4.87. The summed E-state index contributed by atoms with van der Waals surface area (Å²) in [6, 6.07) is 9.00. The molecule has 0 aromatic heterocycles. The summed E-state index contributed by atoms with van der Waals surface area (Å²) >= 11 is 0. The number of esters is 1. The lowest BCUT2D eigenvalue weighted by atomic mass is 9.92. The Kier molecular flexibility index (Phi) is 4.26. The Morgan fingerprint density at radius 3 is 2.35 bits per heavy atom. The van der Waals surface area contributed by atoms with Crippen molar-refractivity contribution in [1.29, 1.82) is 0 Å². The maximum atomic E-state index is 11.9. The molecular weight excluding hydrogens is 218 g/mol. The second-order valence-electron chi connectivity index (χ2n) is 4.17. The van der Waals surface area contributed by atoms with Crippen LogP contribution in [0.25, 0.3) is 0 Å². The van der Waals surface area contributed by atoms with Crippen molar-refractivity contribution in [3.8, 4) is 0 Å². The van der Waals surface area contributed by atoms with E-state index in [0.29, 0.717) is 5.69 Å². The van der Waals surface area contributed by atoms with Crippen molar-refractivity contribution in [2.24, 2.45) is 5.41 Å². The molecule has 0 saturated heterocycles. The molecule has 4 heteroatoms. The Hall–Kier alpha value is -1.84. The molecule has 1 amide bonds.